The first-order chi connectivity index (χ1) is 50.0. The lowest BCUT2D eigenvalue weighted by atomic mass is 10.0. The van der Waals surface area contributed by atoms with Gasteiger partial charge < -0.3 is 33.8 Å². The fourth-order valence-electron chi connectivity index (χ4n) is 12.6. The van der Waals surface area contributed by atoms with E-state index in [-0.39, 0.29) is 25.7 Å². The Labute approximate surface area is 631 Å². The van der Waals surface area contributed by atoms with Gasteiger partial charge in [0.05, 0.1) is 26.4 Å². The summed E-state index contributed by atoms with van der Waals surface area (Å²) >= 11 is 0. The Morgan fingerprint density at radius 2 is 0.524 bits per heavy atom. The number of aliphatic hydroxyl groups excluding tert-OH is 1. The van der Waals surface area contributed by atoms with Crippen LogP contribution in [0.1, 0.15) is 426 Å². The number of rotatable bonds is 82. The Morgan fingerprint density at radius 3 is 0.796 bits per heavy atom. The van der Waals surface area contributed by atoms with Crippen molar-refractivity contribution in [3.05, 3.63) is 24.3 Å². The molecule has 0 heterocycles. The highest BCUT2D eigenvalue weighted by Crippen LogP contribution is 2.45. The van der Waals surface area contributed by atoms with Crippen molar-refractivity contribution in [2.45, 2.75) is 445 Å². The van der Waals surface area contributed by atoms with E-state index < -0.39 is 97.5 Å². The van der Waals surface area contributed by atoms with Gasteiger partial charge in [0.2, 0.25) is 0 Å². The second kappa shape index (κ2) is 76.3. The van der Waals surface area contributed by atoms with Gasteiger partial charge in [0.25, 0.3) is 0 Å². The van der Waals surface area contributed by atoms with Crippen LogP contribution in [0.4, 0.5) is 0 Å². The Hall–Kier alpha value is -2.46. The predicted molar refractivity (Wildman–Crippen MR) is 423 cm³/mol. The lowest BCUT2D eigenvalue weighted by molar-refractivity contribution is -0.161. The Morgan fingerprint density at radius 1 is 0.301 bits per heavy atom. The van der Waals surface area contributed by atoms with Crippen LogP contribution in [0, 0.1) is 5.92 Å². The van der Waals surface area contributed by atoms with Crippen LogP contribution in [0.2, 0.25) is 0 Å². The third-order valence-corrected chi connectivity index (χ3v) is 21.1. The molecule has 17 nitrogen and oxygen atoms in total. The fraction of sp³-hybridized carbons (Fsp3) is 0.905. The smallest absolute Gasteiger partial charge is 0.462 e. The summed E-state index contributed by atoms with van der Waals surface area (Å²) in [4.78, 5) is 73.1. The van der Waals surface area contributed by atoms with Gasteiger partial charge >= 0.3 is 39.5 Å². The molecular formula is C84H160O17P2. The Balaban J connectivity index is 5.27. The van der Waals surface area contributed by atoms with E-state index in [1.54, 1.807) is 0 Å². The number of hydrogen-bond acceptors (Lipinski definition) is 15. The molecule has 0 aromatic carbocycles. The van der Waals surface area contributed by atoms with Crippen LogP contribution in [-0.2, 0) is 65.4 Å². The zero-order valence-electron chi connectivity index (χ0n) is 66.9. The molecule has 103 heavy (non-hydrogen) atoms. The van der Waals surface area contributed by atoms with E-state index in [4.69, 9.17) is 37.0 Å². The van der Waals surface area contributed by atoms with Gasteiger partial charge in [0.1, 0.15) is 19.3 Å². The second-order valence-corrected chi connectivity index (χ2v) is 32.9. The van der Waals surface area contributed by atoms with Crippen molar-refractivity contribution in [1.29, 1.82) is 0 Å². The average Bonchev–Trinajstić information content (AvgIpc) is 0.925. The number of carbonyl (C=O) groups excluding carboxylic acids is 4. The average molecular weight is 1500 g/mol. The van der Waals surface area contributed by atoms with Crippen LogP contribution in [0.5, 0.6) is 0 Å². The van der Waals surface area contributed by atoms with Crippen molar-refractivity contribution >= 4 is 39.5 Å². The molecule has 0 aliphatic rings. The molecule has 608 valence electrons. The van der Waals surface area contributed by atoms with Gasteiger partial charge in [0, 0.05) is 25.7 Å². The number of esters is 4. The van der Waals surface area contributed by atoms with Gasteiger partial charge in [-0.15, -0.1) is 0 Å². The largest absolute Gasteiger partial charge is 0.472 e. The van der Waals surface area contributed by atoms with Gasteiger partial charge in [0.15, 0.2) is 12.2 Å². The molecular weight excluding hydrogens is 1340 g/mol. The van der Waals surface area contributed by atoms with Gasteiger partial charge in [-0.25, -0.2) is 9.13 Å². The maximum Gasteiger partial charge on any atom is 0.472 e. The van der Waals surface area contributed by atoms with Gasteiger partial charge in [-0.05, 0) is 57.3 Å². The monoisotopic (exact) mass is 1500 g/mol. The minimum Gasteiger partial charge on any atom is -0.462 e. The van der Waals surface area contributed by atoms with Crippen molar-refractivity contribution in [2.24, 2.45) is 5.92 Å². The van der Waals surface area contributed by atoms with Crippen LogP contribution in [-0.4, -0.2) is 96.7 Å². The highest BCUT2D eigenvalue weighted by molar-refractivity contribution is 7.47. The zero-order valence-corrected chi connectivity index (χ0v) is 68.7. The van der Waals surface area contributed by atoms with Gasteiger partial charge in [-0.3, -0.25) is 37.3 Å². The minimum atomic E-state index is -4.97. The molecule has 3 N–H and O–H groups in total. The first-order valence-electron chi connectivity index (χ1n) is 43.0. The van der Waals surface area contributed by atoms with Crippen molar-refractivity contribution in [3.63, 3.8) is 0 Å². The number of phosphoric ester groups is 2. The van der Waals surface area contributed by atoms with Crippen molar-refractivity contribution in [1.82, 2.24) is 0 Å². The molecule has 0 aromatic rings. The maximum absolute atomic E-state index is 13.1. The first kappa shape index (κ1) is 101. The molecule has 0 spiro atoms. The molecule has 0 saturated heterocycles. The van der Waals surface area contributed by atoms with E-state index in [1.807, 2.05) is 0 Å². The molecule has 2 unspecified atom stereocenters. The molecule has 0 aliphatic heterocycles. The summed E-state index contributed by atoms with van der Waals surface area (Å²) in [6.07, 6.45) is 71.5. The van der Waals surface area contributed by atoms with Crippen LogP contribution in [0.25, 0.3) is 0 Å². The number of ether oxygens (including phenoxy) is 4. The maximum atomic E-state index is 13.1. The molecule has 0 bridgehead atoms. The SMILES string of the molecule is CCCCCC/C=C\C=C/CCCCCCCC(=O)O[C@H](COC(=O)CCCCCCCCCCCCC)COP(=O)(O)OC[C@H](O)COP(=O)(O)OC[C@@H](COC(=O)CCCCCCCCCCCCCCCCCC(C)C)OC(=O)CCCCCCCCCCCCCCCCCCCCC. The number of carbonyl (C=O) groups is 4. The van der Waals surface area contributed by atoms with E-state index in [1.165, 1.54) is 238 Å². The molecule has 0 aromatic heterocycles. The van der Waals surface area contributed by atoms with Crippen LogP contribution in [0.3, 0.4) is 0 Å². The third kappa shape index (κ3) is 77.5. The van der Waals surface area contributed by atoms with Crippen LogP contribution in [0.15, 0.2) is 24.3 Å². The van der Waals surface area contributed by atoms with Gasteiger partial charge in [-0.1, -0.05) is 374 Å². The summed E-state index contributed by atoms with van der Waals surface area (Å²) in [6.45, 7) is 7.31. The second-order valence-electron chi connectivity index (χ2n) is 30.0. The Kier molecular flexibility index (Phi) is 74.5. The van der Waals surface area contributed by atoms with Crippen LogP contribution < -0.4 is 0 Å². The Bertz CT molecular complexity index is 2060. The fourth-order valence-corrected chi connectivity index (χ4v) is 14.2. The van der Waals surface area contributed by atoms with Crippen molar-refractivity contribution in [2.75, 3.05) is 39.6 Å². The van der Waals surface area contributed by atoms with Gasteiger partial charge in [-0.2, -0.15) is 0 Å². The normalized spacial score (nSPS) is 14.0. The first-order valence-corrected chi connectivity index (χ1v) is 45.9. The molecule has 0 aliphatic carbocycles. The predicted octanol–water partition coefficient (Wildman–Crippen LogP) is 25.1. The lowest BCUT2D eigenvalue weighted by Gasteiger charge is -2.21. The van der Waals surface area contributed by atoms with E-state index >= 15 is 0 Å². The summed E-state index contributed by atoms with van der Waals surface area (Å²) in [5.41, 5.74) is 0. The van der Waals surface area contributed by atoms with E-state index in [0.717, 1.165) is 109 Å². The molecule has 0 rings (SSSR count). The molecule has 0 radical (unpaired) electrons. The molecule has 0 amide bonds. The number of phosphoric acid groups is 2. The van der Waals surface area contributed by atoms with Crippen molar-refractivity contribution < 1.29 is 80.2 Å². The summed E-state index contributed by atoms with van der Waals surface area (Å²) in [6, 6.07) is 0. The number of unbranched alkanes of at least 4 members (excludes halogenated alkanes) is 51. The number of hydrogen-bond donors (Lipinski definition) is 3. The third-order valence-electron chi connectivity index (χ3n) is 19.2. The number of aliphatic hydroxyl groups is 1. The minimum absolute atomic E-state index is 0.0857. The molecule has 5 atom stereocenters. The highest BCUT2D eigenvalue weighted by atomic mass is 31.2. The summed E-state index contributed by atoms with van der Waals surface area (Å²) < 4.78 is 68.8. The summed E-state index contributed by atoms with van der Waals surface area (Å²) in [5.74, 6) is -1.33. The molecule has 0 fully saturated rings. The van der Waals surface area contributed by atoms with Crippen LogP contribution >= 0.6 is 15.6 Å². The molecule has 19 heteroatoms. The number of allylic oxidation sites excluding steroid dienone is 4. The zero-order chi connectivity index (χ0) is 75.5. The summed E-state index contributed by atoms with van der Waals surface area (Å²) in [7, 11) is -9.94. The van der Waals surface area contributed by atoms with E-state index in [9.17, 15) is 43.2 Å². The summed E-state index contributed by atoms with van der Waals surface area (Å²) in [5, 5.41) is 10.7. The lowest BCUT2D eigenvalue weighted by Crippen LogP contribution is -2.30. The van der Waals surface area contributed by atoms with Crippen molar-refractivity contribution in [3.8, 4) is 0 Å². The highest BCUT2D eigenvalue weighted by Gasteiger charge is 2.30. The standard InChI is InChI=1S/C84H160O17P2/c1-6-9-12-15-18-21-24-26-28-29-30-31-35-40-45-50-55-60-65-70-84(89)101-80(74-95-82(87)68-63-58-53-48-43-38-36-32-34-37-42-46-51-56-61-66-77(4)5)76-99-103(92,93)97-72-78(85)71-96-102(90,91)98-75-79(73-94-81(86)67-62-57-52-47-41-23-20-17-14-11-8-3)100-83(88)69-64-59-54-49-44-39-33-27-25-22-19-16-13-10-7-2/h22,25,27,33,77-80,85H,6-21,23-24,26,28-32,34-76H2,1-5H3,(H,90,91)(H,92,93)/b25-22-,33-27-/t78-,79+,80+/m0/s1. The van der Waals surface area contributed by atoms with E-state index in [0.29, 0.717) is 25.7 Å². The topological polar surface area (TPSA) is 237 Å². The van der Waals surface area contributed by atoms with E-state index in [2.05, 4.69) is 58.9 Å². The molecule has 0 saturated carbocycles. The quantitative estimate of drug-likeness (QED) is 0.0169.